The molecule has 0 saturated heterocycles. The van der Waals surface area contributed by atoms with Crippen LogP contribution in [0.15, 0.2) is 18.3 Å². The summed E-state index contributed by atoms with van der Waals surface area (Å²) in [5.74, 6) is 2.91. The highest BCUT2D eigenvalue weighted by atomic mass is 16.5. The van der Waals surface area contributed by atoms with Crippen LogP contribution in [0.4, 0.5) is 11.6 Å². The molecule has 0 atom stereocenters. The van der Waals surface area contributed by atoms with Crippen LogP contribution in [0.1, 0.15) is 24.3 Å². The molecule has 0 aromatic carbocycles. The van der Waals surface area contributed by atoms with Crippen LogP contribution < -0.4 is 10.6 Å². The number of rotatable bonds is 7. The lowest BCUT2D eigenvalue weighted by Gasteiger charge is -2.10. The number of nitrogens with one attached hydrogen (secondary N) is 2. The van der Waals surface area contributed by atoms with Gasteiger partial charge in [-0.25, -0.2) is 19.9 Å². The van der Waals surface area contributed by atoms with E-state index < -0.39 is 0 Å². The van der Waals surface area contributed by atoms with Crippen molar-refractivity contribution < 1.29 is 4.74 Å². The molecule has 21 heavy (non-hydrogen) atoms. The summed E-state index contributed by atoms with van der Waals surface area (Å²) in [5.41, 5.74) is 0.916. The molecule has 2 N–H and O–H groups in total. The molecule has 2 rings (SSSR count). The molecule has 0 aliphatic rings. The highest BCUT2D eigenvalue weighted by molar-refractivity contribution is 5.47. The Morgan fingerprint density at radius 1 is 1.14 bits per heavy atom. The van der Waals surface area contributed by atoms with Gasteiger partial charge in [-0.15, -0.1) is 0 Å². The van der Waals surface area contributed by atoms with Crippen LogP contribution in [-0.2, 0) is 17.9 Å². The summed E-state index contributed by atoms with van der Waals surface area (Å²) < 4.78 is 5.09. The van der Waals surface area contributed by atoms with Crippen molar-refractivity contribution in [1.29, 1.82) is 0 Å². The lowest BCUT2D eigenvalue weighted by Crippen LogP contribution is -2.09. The van der Waals surface area contributed by atoms with E-state index in [-0.39, 0.29) is 0 Å². The molecule has 2 heterocycles. The third-order valence-corrected chi connectivity index (χ3v) is 2.69. The molecule has 0 aliphatic carbocycles. The fraction of sp³-hybridized carbons (Fsp3) is 0.429. The van der Waals surface area contributed by atoms with Gasteiger partial charge in [-0.1, -0.05) is 0 Å². The molecule has 2 aromatic rings. The molecule has 0 amide bonds. The van der Waals surface area contributed by atoms with Gasteiger partial charge in [0, 0.05) is 25.9 Å². The predicted octanol–water partition coefficient (Wildman–Crippen LogP) is 1.77. The van der Waals surface area contributed by atoms with Gasteiger partial charge in [-0.2, -0.15) is 0 Å². The van der Waals surface area contributed by atoms with Gasteiger partial charge < -0.3 is 15.4 Å². The molecule has 7 nitrogen and oxygen atoms in total. The van der Waals surface area contributed by atoms with E-state index in [0.29, 0.717) is 19.0 Å². The Hall–Kier alpha value is -2.28. The van der Waals surface area contributed by atoms with Crippen molar-refractivity contribution in [3.05, 3.63) is 35.7 Å². The van der Waals surface area contributed by atoms with Crippen LogP contribution in [0, 0.1) is 6.92 Å². The average Bonchev–Trinajstić information content (AvgIpc) is 2.46. The van der Waals surface area contributed by atoms with E-state index in [4.69, 9.17) is 4.74 Å². The minimum Gasteiger partial charge on any atom is -0.377 e. The Balaban J connectivity index is 2.10. The van der Waals surface area contributed by atoms with E-state index in [2.05, 4.69) is 30.6 Å². The van der Waals surface area contributed by atoms with Crippen molar-refractivity contribution in [2.75, 3.05) is 24.3 Å². The minimum absolute atomic E-state index is 0.376. The number of ether oxygens (including phenoxy) is 1. The quantitative estimate of drug-likeness (QED) is 0.803. The first kappa shape index (κ1) is 15.1. The molecule has 0 saturated carbocycles. The number of anilines is 2. The summed E-state index contributed by atoms with van der Waals surface area (Å²) >= 11 is 0. The third kappa shape index (κ3) is 4.64. The van der Waals surface area contributed by atoms with E-state index in [9.17, 15) is 0 Å². The first-order chi connectivity index (χ1) is 10.2. The molecule has 112 valence electrons. The predicted molar refractivity (Wildman–Crippen MR) is 81.0 cm³/mol. The molecule has 0 radical (unpaired) electrons. The maximum atomic E-state index is 5.09. The van der Waals surface area contributed by atoms with Gasteiger partial charge >= 0.3 is 0 Å². The maximum Gasteiger partial charge on any atom is 0.158 e. The Morgan fingerprint density at radius 2 is 1.90 bits per heavy atom. The molecule has 0 bridgehead atoms. The van der Waals surface area contributed by atoms with Crippen LogP contribution in [0.2, 0.25) is 0 Å². The zero-order valence-corrected chi connectivity index (χ0v) is 12.6. The first-order valence-corrected chi connectivity index (χ1v) is 6.84. The van der Waals surface area contributed by atoms with Crippen LogP contribution in [0.25, 0.3) is 0 Å². The molecule has 7 heteroatoms. The van der Waals surface area contributed by atoms with E-state index in [0.717, 1.165) is 29.7 Å². The molecule has 0 unspecified atom stereocenters. The number of methoxy groups -OCH3 is 1. The SMILES string of the molecule is CCNc1cc(NCc2ccnc(C)n2)nc(COC)n1. The zero-order chi connectivity index (χ0) is 15.1. The summed E-state index contributed by atoms with van der Waals surface area (Å²) in [6, 6.07) is 3.75. The van der Waals surface area contributed by atoms with Crippen LogP contribution in [0.5, 0.6) is 0 Å². The van der Waals surface area contributed by atoms with Crippen LogP contribution in [-0.4, -0.2) is 33.6 Å². The summed E-state index contributed by atoms with van der Waals surface area (Å²) in [6.07, 6.45) is 1.75. The van der Waals surface area contributed by atoms with Crippen LogP contribution >= 0.6 is 0 Å². The standard InChI is InChI=1S/C14H20N6O/c1-4-15-12-7-13(20-14(19-12)9-21-3)17-8-11-5-6-16-10(2)18-11/h5-7H,4,8-9H2,1-3H3,(H2,15,17,19,20). The van der Waals surface area contributed by atoms with E-state index in [1.807, 2.05) is 26.0 Å². The minimum atomic E-state index is 0.376. The van der Waals surface area contributed by atoms with E-state index in [1.54, 1.807) is 13.3 Å². The van der Waals surface area contributed by atoms with Gasteiger partial charge in [0.1, 0.15) is 24.1 Å². The van der Waals surface area contributed by atoms with Gasteiger partial charge in [0.15, 0.2) is 5.82 Å². The Bertz CT molecular complexity index is 565. The second-order valence-electron chi connectivity index (χ2n) is 4.47. The highest BCUT2D eigenvalue weighted by Crippen LogP contribution is 2.12. The molecule has 0 aliphatic heterocycles. The number of aryl methyl sites for hydroxylation is 1. The molecule has 0 spiro atoms. The summed E-state index contributed by atoms with van der Waals surface area (Å²) in [7, 11) is 1.63. The number of aromatic nitrogens is 4. The van der Waals surface area contributed by atoms with Crippen molar-refractivity contribution in [2.24, 2.45) is 0 Å². The second kappa shape index (κ2) is 7.49. The molecular formula is C14H20N6O. The van der Waals surface area contributed by atoms with Gasteiger partial charge in [0.25, 0.3) is 0 Å². The largest absolute Gasteiger partial charge is 0.377 e. The van der Waals surface area contributed by atoms with Gasteiger partial charge in [0.05, 0.1) is 12.2 Å². The monoisotopic (exact) mass is 288 g/mol. The van der Waals surface area contributed by atoms with Gasteiger partial charge in [0.2, 0.25) is 0 Å². The lowest BCUT2D eigenvalue weighted by molar-refractivity contribution is 0.178. The van der Waals surface area contributed by atoms with Crippen LogP contribution in [0.3, 0.4) is 0 Å². The summed E-state index contributed by atoms with van der Waals surface area (Å²) in [5, 5.41) is 6.43. The Morgan fingerprint density at radius 3 is 2.57 bits per heavy atom. The Labute approximate surface area is 124 Å². The Kier molecular flexibility index (Phi) is 5.39. The number of nitrogens with zero attached hydrogens (tertiary/aromatic N) is 4. The summed E-state index contributed by atoms with van der Waals surface area (Å²) in [4.78, 5) is 17.2. The van der Waals surface area contributed by atoms with Crippen molar-refractivity contribution >= 4 is 11.6 Å². The smallest absolute Gasteiger partial charge is 0.158 e. The average molecular weight is 288 g/mol. The van der Waals surface area contributed by atoms with E-state index >= 15 is 0 Å². The molecule has 2 aromatic heterocycles. The van der Waals surface area contributed by atoms with Crippen molar-refractivity contribution in [3.63, 3.8) is 0 Å². The molecular weight excluding hydrogens is 268 g/mol. The normalized spacial score (nSPS) is 10.4. The zero-order valence-electron chi connectivity index (χ0n) is 12.6. The second-order valence-corrected chi connectivity index (χ2v) is 4.47. The molecule has 0 fully saturated rings. The third-order valence-electron chi connectivity index (χ3n) is 2.69. The van der Waals surface area contributed by atoms with Crippen molar-refractivity contribution in [2.45, 2.75) is 27.0 Å². The fourth-order valence-electron chi connectivity index (χ4n) is 1.84. The van der Waals surface area contributed by atoms with Gasteiger partial charge in [-0.05, 0) is 19.9 Å². The maximum absolute atomic E-state index is 5.09. The van der Waals surface area contributed by atoms with E-state index in [1.165, 1.54) is 0 Å². The van der Waals surface area contributed by atoms with Crippen molar-refractivity contribution in [3.8, 4) is 0 Å². The van der Waals surface area contributed by atoms with Gasteiger partial charge in [-0.3, -0.25) is 0 Å². The fourth-order valence-corrected chi connectivity index (χ4v) is 1.84. The summed E-state index contributed by atoms with van der Waals surface area (Å²) in [6.45, 7) is 5.65. The number of hydrogen-bond donors (Lipinski definition) is 2. The lowest BCUT2D eigenvalue weighted by atomic mass is 10.4. The first-order valence-electron chi connectivity index (χ1n) is 6.84. The highest BCUT2D eigenvalue weighted by Gasteiger charge is 2.05. The van der Waals surface area contributed by atoms with Crippen molar-refractivity contribution in [1.82, 2.24) is 19.9 Å². The number of hydrogen-bond acceptors (Lipinski definition) is 7. The topological polar surface area (TPSA) is 84.9 Å².